The van der Waals surface area contributed by atoms with Crippen molar-refractivity contribution in [2.75, 3.05) is 32.8 Å². The van der Waals surface area contributed by atoms with E-state index in [0.717, 1.165) is 31.5 Å². The summed E-state index contributed by atoms with van der Waals surface area (Å²) in [5.74, 6) is -0.260. The molecule has 0 unspecified atom stereocenters. The predicted molar refractivity (Wildman–Crippen MR) is 139 cm³/mol. The number of amides is 2. The Morgan fingerprint density at radius 2 is 1.71 bits per heavy atom. The fourth-order valence-corrected chi connectivity index (χ4v) is 4.91. The van der Waals surface area contributed by atoms with Gasteiger partial charge in [0.1, 0.15) is 19.4 Å². The molecule has 0 saturated carbocycles. The third-order valence-electron chi connectivity index (χ3n) is 7.41. The molecule has 0 aliphatic carbocycles. The average Bonchev–Trinajstić information content (AvgIpc) is 2.86. The molecule has 1 aromatic carbocycles. The minimum absolute atomic E-state index is 0.0177. The van der Waals surface area contributed by atoms with Crippen molar-refractivity contribution < 1.29 is 19.1 Å². The lowest BCUT2D eigenvalue weighted by molar-refractivity contribution is -0.223. The highest BCUT2D eigenvalue weighted by Crippen LogP contribution is 2.45. The van der Waals surface area contributed by atoms with Gasteiger partial charge in [0.25, 0.3) is 0 Å². The van der Waals surface area contributed by atoms with E-state index in [-0.39, 0.29) is 36.8 Å². The number of ether oxygens (including phenoxy) is 1. The topological polar surface area (TPSA) is 79.0 Å². The second-order valence-electron chi connectivity index (χ2n) is 9.59. The summed E-state index contributed by atoms with van der Waals surface area (Å²) in [5.41, 5.74) is 1.56. The van der Waals surface area contributed by atoms with E-state index in [4.69, 9.17) is 4.74 Å². The van der Waals surface area contributed by atoms with E-state index >= 15 is 0 Å². The highest BCUT2D eigenvalue weighted by molar-refractivity contribution is 5.93. The van der Waals surface area contributed by atoms with E-state index in [1.165, 1.54) is 10.5 Å². The highest BCUT2D eigenvalue weighted by Gasteiger charge is 2.59. The van der Waals surface area contributed by atoms with Crippen molar-refractivity contribution in [3.63, 3.8) is 0 Å². The van der Waals surface area contributed by atoms with Crippen LogP contribution in [0.15, 0.2) is 24.3 Å². The first kappa shape index (κ1) is 29.0. The summed E-state index contributed by atoms with van der Waals surface area (Å²) in [6.07, 6.45) is 2.83. The van der Waals surface area contributed by atoms with Gasteiger partial charge in [-0.25, -0.2) is 0 Å². The molecule has 1 N–H and O–H groups in total. The van der Waals surface area contributed by atoms with Gasteiger partial charge in [-0.1, -0.05) is 70.9 Å². The van der Waals surface area contributed by atoms with Crippen molar-refractivity contribution in [3.05, 3.63) is 35.4 Å². The molecule has 35 heavy (non-hydrogen) atoms. The Balaban J connectivity index is 2.03. The summed E-state index contributed by atoms with van der Waals surface area (Å²) >= 11 is 0. The van der Waals surface area contributed by atoms with Crippen LogP contribution in [-0.4, -0.2) is 66.4 Å². The number of Topliss-reactive ketones (excluding diaryl/α,β-unsaturated/α-hetero) is 1. The van der Waals surface area contributed by atoms with Gasteiger partial charge in [-0.3, -0.25) is 14.4 Å². The van der Waals surface area contributed by atoms with Crippen molar-refractivity contribution in [1.82, 2.24) is 15.1 Å². The lowest BCUT2D eigenvalue weighted by Crippen LogP contribution is -2.71. The lowest BCUT2D eigenvalue weighted by atomic mass is 9.71. The van der Waals surface area contributed by atoms with Crippen molar-refractivity contribution in [3.8, 4) is 0 Å². The van der Waals surface area contributed by atoms with Crippen LogP contribution in [0.4, 0.5) is 0 Å². The average molecular weight is 488 g/mol. The number of hydrogen-bond donors (Lipinski definition) is 1. The molecule has 1 fully saturated rings. The molecule has 1 saturated heterocycles. The molecule has 2 amide bonds. The van der Waals surface area contributed by atoms with Crippen molar-refractivity contribution >= 4 is 17.6 Å². The Labute approximate surface area is 211 Å². The predicted octanol–water partition coefficient (Wildman–Crippen LogP) is 4.24. The summed E-state index contributed by atoms with van der Waals surface area (Å²) in [5, 5.41) is 3.11. The fourth-order valence-electron chi connectivity index (χ4n) is 4.91. The van der Waals surface area contributed by atoms with Gasteiger partial charge in [0.15, 0.2) is 5.78 Å². The monoisotopic (exact) mass is 487 g/mol. The number of carbonyl (C=O) groups is 3. The first-order chi connectivity index (χ1) is 16.8. The van der Waals surface area contributed by atoms with Crippen LogP contribution >= 0.6 is 0 Å². The number of benzene rings is 1. The van der Waals surface area contributed by atoms with E-state index in [0.29, 0.717) is 25.8 Å². The molecule has 0 bridgehead atoms. The lowest BCUT2D eigenvalue weighted by Gasteiger charge is -2.54. The first-order valence-corrected chi connectivity index (χ1v) is 13.3. The second-order valence-corrected chi connectivity index (χ2v) is 9.59. The number of carbonyl (C=O) groups excluding carboxylic acids is 3. The molecule has 0 spiro atoms. The number of likely N-dealkylation sites (tertiary alicyclic amines) is 1. The van der Waals surface area contributed by atoms with E-state index < -0.39 is 11.6 Å². The standard InChI is InChI=1S/C28H45N3O4/c1-7-12-24(22-15-13-21(6)14-16-22)29-25(33)19-31-26(34)28(8-2,9-3)27(31)35-20-23(32)17-18-30(10-4)11-5/h13-16,24,27H,7-12,17-20H2,1-6H3,(H,29,33)/t24-,27+/m1/s1. The van der Waals surface area contributed by atoms with Gasteiger partial charge in [-0.05, 0) is 44.8 Å². The molecular formula is C28H45N3O4. The quantitative estimate of drug-likeness (QED) is 0.353. The molecule has 1 aliphatic rings. The fraction of sp³-hybridized carbons (Fsp3) is 0.679. The Bertz CT molecular complexity index is 831. The number of ketones is 1. The van der Waals surface area contributed by atoms with Crippen LogP contribution in [0.2, 0.25) is 0 Å². The minimum Gasteiger partial charge on any atom is -0.349 e. The number of hydrogen-bond acceptors (Lipinski definition) is 5. The molecule has 0 aromatic heterocycles. The molecule has 2 atom stereocenters. The Kier molecular flexibility index (Phi) is 11.4. The van der Waals surface area contributed by atoms with Gasteiger partial charge in [-0.15, -0.1) is 0 Å². The van der Waals surface area contributed by atoms with Crippen LogP contribution in [0.5, 0.6) is 0 Å². The summed E-state index contributed by atoms with van der Waals surface area (Å²) in [7, 11) is 0. The van der Waals surface area contributed by atoms with E-state index in [1.54, 1.807) is 0 Å². The number of nitrogens with one attached hydrogen (secondary N) is 1. The highest BCUT2D eigenvalue weighted by atomic mass is 16.5. The molecule has 1 aliphatic heterocycles. The molecule has 7 nitrogen and oxygen atoms in total. The Hall–Kier alpha value is -2.25. The van der Waals surface area contributed by atoms with E-state index in [1.807, 2.05) is 45.0 Å². The normalized spacial score (nSPS) is 17.9. The van der Waals surface area contributed by atoms with Gasteiger partial charge in [0, 0.05) is 13.0 Å². The van der Waals surface area contributed by atoms with Gasteiger partial charge in [0.05, 0.1) is 11.5 Å². The third-order valence-corrected chi connectivity index (χ3v) is 7.41. The number of nitrogens with zero attached hydrogens (tertiary/aromatic N) is 2. The Morgan fingerprint density at radius 1 is 1.09 bits per heavy atom. The molecule has 7 heteroatoms. The van der Waals surface area contributed by atoms with Crippen LogP contribution in [0.3, 0.4) is 0 Å². The third kappa shape index (κ3) is 7.14. The zero-order valence-electron chi connectivity index (χ0n) is 22.6. The van der Waals surface area contributed by atoms with Crippen LogP contribution < -0.4 is 5.32 Å². The van der Waals surface area contributed by atoms with Gasteiger partial charge >= 0.3 is 0 Å². The molecule has 2 rings (SSSR count). The summed E-state index contributed by atoms with van der Waals surface area (Å²) < 4.78 is 6.03. The zero-order valence-corrected chi connectivity index (χ0v) is 22.6. The number of β-lactam (4-membered cyclic amide) rings is 1. The van der Waals surface area contributed by atoms with Crippen LogP contribution in [0.1, 0.15) is 83.9 Å². The number of aryl methyl sites for hydroxylation is 1. The van der Waals surface area contributed by atoms with Crippen molar-refractivity contribution in [1.29, 1.82) is 0 Å². The van der Waals surface area contributed by atoms with E-state index in [2.05, 4.69) is 31.0 Å². The van der Waals surface area contributed by atoms with Gasteiger partial charge < -0.3 is 19.9 Å². The first-order valence-electron chi connectivity index (χ1n) is 13.3. The maximum Gasteiger partial charge on any atom is 0.240 e. The molecule has 196 valence electrons. The molecular weight excluding hydrogens is 442 g/mol. The summed E-state index contributed by atoms with van der Waals surface area (Å²) in [4.78, 5) is 42.3. The molecule has 1 aromatic rings. The van der Waals surface area contributed by atoms with Gasteiger partial charge in [0.2, 0.25) is 11.8 Å². The molecule has 1 heterocycles. The summed E-state index contributed by atoms with van der Waals surface area (Å²) in [6.45, 7) is 14.6. The van der Waals surface area contributed by atoms with Crippen molar-refractivity contribution in [2.45, 2.75) is 85.9 Å². The van der Waals surface area contributed by atoms with Crippen LogP contribution in [0.25, 0.3) is 0 Å². The minimum atomic E-state index is -0.667. The molecule has 0 radical (unpaired) electrons. The van der Waals surface area contributed by atoms with Crippen molar-refractivity contribution in [2.24, 2.45) is 5.41 Å². The number of rotatable bonds is 16. The smallest absolute Gasteiger partial charge is 0.240 e. The summed E-state index contributed by atoms with van der Waals surface area (Å²) in [6, 6.07) is 8.06. The maximum absolute atomic E-state index is 13.1. The SMILES string of the molecule is CCC[C@@H](NC(=O)CN1C(=O)C(CC)(CC)[C@@H]1OCC(=O)CCN(CC)CC)c1ccc(C)cc1. The van der Waals surface area contributed by atoms with Gasteiger partial charge in [-0.2, -0.15) is 0 Å². The van der Waals surface area contributed by atoms with E-state index in [9.17, 15) is 14.4 Å². The largest absolute Gasteiger partial charge is 0.349 e. The maximum atomic E-state index is 13.1. The van der Waals surface area contributed by atoms with Crippen LogP contribution in [0, 0.1) is 12.3 Å². The van der Waals surface area contributed by atoms with Crippen LogP contribution in [-0.2, 0) is 19.1 Å². The Morgan fingerprint density at radius 3 is 2.26 bits per heavy atom. The second kappa shape index (κ2) is 13.7. The zero-order chi connectivity index (χ0) is 26.0.